The van der Waals surface area contributed by atoms with Crippen molar-refractivity contribution in [3.63, 3.8) is 0 Å². The summed E-state index contributed by atoms with van der Waals surface area (Å²) in [6.07, 6.45) is 6.23. The summed E-state index contributed by atoms with van der Waals surface area (Å²) in [7, 11) is 0. The first-order valence-electron chi connectivity index (χ1n) is 10.1. The first-order chi connectivity index (χ1) is 12.8. The molecular formula is C19H34IN7. The van der Waals surface area contributed by atoms with Gasteiger partial charge in [-0.25, -0.2) is 9.97 Å². The van der Waals surface area contributed by atoms with Crippen molar-refractivity contribution in [1.29, 1.82) is 0 Å². The van der Waals surface area contributed by atoms with Gasteiger partial charge in [-0.2, -0.15) is 0 Å². The molecule has 2 aliphatic heterocycles. The summed E-state index contributed by atoms with van der Waals surface area (Å²) in [5.74, 6) is 2.59. The van der Waals surface area contributed by atoms with E-state index >= 15 is 0 Å². The molecule has 0 aliphatic carbocycles. The van der Waals surface area contributed by atoms with Crippen molar-refractivity contribution in [3.8, 4) is 0 Å². The van der Waals surface area contributed by atoms with Crippen LogP contribution in [0.3, 0.4) is 0 Å². The van der Waals surface area contributed by atoms with Gasteiger partial charge in [-0.05, 0) is 44.8 Å². The standard InChI is InChI=1S/C19H33N7.HI/c1-3-20-18(23-15-17-7-5-10-24(4-2)16-17)25-11-13-26(14-12-25)19-21-8-6-9-22-19;/h6,8-9,17H,3-5,7,10-16H2,1-2H3,(H,20,23);1H. The van der Waals surface area contributed by atoms with Gasteiger partial charge in [-0.15, -0.1) is 24.0 Å². The number of halogens is 1. The molecule has 2 aliphatic rings. The second-order valence-corrected chi connectivity index (χ2v) is 7.12. The molecule has 2 fully saturated rings. The molecule has 0 spiro atoms. The van der Waals surface area contributed by atoms with Gasteiger partial charge in [0.25, 0.3) is 0 Å². The molecule has 27 heavy (non-hydrogen) atoms. The van der Waals surface area contributed by atoms with Crippen LogP contribution < -0.4 is 10.2 Å². The van der Waals surface area contributed by atoms with Gasteiger partial charge in [0.05, 0.1) is 0 Å². The molecular weight excluding hydrogens is 453 g/mol. The number of aromatic nitrogens is 2. The number of likely N-dealkylation sites (tertiary alicyclic amines) is 1. The minimum Gasteiger partial charge on any atom is -0.357 e. The molecule has 152 valence electrons. The summed E-state index contributed by atoms with van der Waals surface area (Å²) in [5.41, 5.74) is 0. The Hall–Kier alpha value is -1.16. The number of piperidine rings is 1. The maximum absolute atomic E-state index is 4.98. The number of piperazine rings is 1. The Kier molecular flexibility index (Phi) is 9.53. The van der Waals surface area contributed by atoms with Crippen molar-refractivity contribution < 1.29 is 0 Å². The predicted octanol–water partition coefficient (Wildman–Crippen LogP) is 1.91. The summed E-state index contributed by atoms with van der Waals surface area (Å²) in [4.78, 5) is 20.9. The molecule has 1 N–H and O–H groups in total. The highest BCUT2D eigenvalue weighted by Gasteiger charge is 2.22. The molecule has 1 unspecified atom stereocenters. The Morgan fingerprint density at radius 1 is 1.15 bits per heavy atom. The molecule has 0 saturated carbocycles. The molecule has 0 aromatic carbocycles. The predicted molar refractivity (Wildman–Crippen MR) is 122 cm³/mol. The van der Waals surface area contributed by atoms with E-state index in [1.54, 1.807) is 0 Å². The van der Waals surface area contributed by atoms with E-state index in [2.05, 4.69) is 43.8 Å². The SMILES string of the molecule is CCNC(=NCC1CCCN(CC)C1)N1CCN(c2ncccn2)CC1.I. The first kappa shape index (κ1) is 22.1. The maximum atomic E-state index is 4.98. The Morgan fingerprint density at radius 2 is 1.89 bits per heavy atom. The van der Waals surface area contributed by atoms with Crippen LogP contribution in [0.1, 0.15) is 26.7 Å². The van der Waals surface area contributed by atoms with E-state index in [0.717, 1.165) is 57.7 Å². The van der Waals surface area contributed by atoms with Crippen molar-refractivity contribution in [2.45, 2.75) is 26.7 Å². The summed E-state index contributed by atoms with van der Waals surface area (Å²) < 4.78 is 0. The van der Waals surface area contributed by atoms with Crippen LogP contribution in [0.25, 0.3) is 0 Å². The maximum Gasteiger partial charge on any atom is 0.225 e. The monoisotopic (exact) mass is 487 g/mol. The Balaban J connectivity index is 0.00000261. The van der Waals surface area contributed by atoms with Gasteiger partial charge < -0.3 is 20.0 Å². The largest absolute Gasteiger partial charge is 0.357 e. The number of anilines is 1. The molecule has 7 nitrogen and oxygen atoms in total. The fourth-order valence-electron chi connectivity index (χ4n) is 3.80. The summed E-state index contributed by atoms with van der Waals surface area (Å²) >= 11 is 0. The topological polar surface area (TPSA) is 59.9 Å². The highest BCUT2D eigenvalue weighted by atomic mass is 127. The molecule has 0 bridgehead atoms. The third kappa shape index (κ3) is 6.44. The normalized spacial score (nSPS) is 21.7. The van der Waals surface area contributed by atoms with Gasteiger partial charge in [-0.1, -0.05) is 6.92 Å². The van der Waals surface area contributed by atoms with Crippen molar-refractivity contribution in [3.05, 3.63) is 18.5 Å². The van der Waals surface area contributed by atoms with E-state index in [4.69, 9.17) is 4.99 Å². The quantitative estimate of drug-likeness (QED) is 0.389. The van der Waals surface area contributed by atoms with Crippen LogP contribution in [-0.4, -0.2) is 84.6 Å². The molecule has 0 radical (unpaired) electrons. The van der Waals surface area contributed by atoms with Crippen molar-refractivity contribution >= 4 is 35.9 Å². The number of hydrogen-bond donors (Lipinski definition) is 1. The van der Waals surface area contributed by atoms with Crippen LogP contribution in [-0.2, 0) is 0 Å². The number of hydrogen-bond acceptors (Lipinski definition) is 5. The average molecular weight is 487 g/mol. The van der Waals surface area contributed by atoms with Gasteiger partial charge >= 0.3 is 0 Å². The van der Waals surface area contributed by atoms with Crippen molar-refractivity contribution in [1.82, 2.24) is 25.1 Å². The molecule has 1 atom stereocenters. The van der Waals surface area contributed by atoms with E-state index in [1.807, 2.05) is 18.5 Å². The fraction of sp³-hybridized carbons (Fsp3) is 0.737. The summed E-state index contributed by atoms with van der Waals surface area (Å²) in [6, 6.07) is 1.86. The third-order valence-electron chi connectivity index (χ3n) is 5.30. The second kappa shape index (κ2) is 11.6. The molecule has 8 heteroatoms. The van der Waals surface area contributed by atoms with Crippen LogP contribution in [0.4, 0.5) is 5.95 Å². The van der Waals surface area contributed by atoms with E-state index in [0.29, 0.717) is 5.92 Å². The van der Waals surface area contributed by atoms with E-state index in [9.17, 15) is 0 Å². The number of aliphatic imine (C=N–C) groups is 1. The van der Waals surface area contributed by atoms with E-state index in [1.165, 1.54) is 25.9 Å². The average Bonchev–Trinajstić information content (AvgIpc) is 2.72. The third-order valence-corrected chi connectivity index (χ3v) is 5.30. The lowest BCUT2D eigenvalue weighted by molar-refractivity contribution is 0.186. The van der Waals surface area contributed by atoms with Gasteiger partial charge in [-0.3, -0.25) is 4.99 Å². The highest BCUT2D eigenvalue weighted by molar-refractivity contribution is 14.0. The Labute approximate surface area is 180 Å². The van der Waals surface area contributed by atoms with Gasteiger partial charge in [0.15, 0.2) is 5.96 Å². The van der Waals surface area contributed by atoms with Crippen molar-refractivity contribution in [2.75, 3.05) is 63.8 Å². The molecule has 3 rings (SSSR count). The zero-order valence-corrected chi connectivity index (χ0v) is 19.0. The number of nitrogens with zero attached hydrogens (tertiary/aromatic N) is 6. The van der Waals surface area contributed by atoms with Crippen LogP contribution in [0.2, 0.25) is 0 Å². The number of guanidine groups is 1. The van der Waals surface area contributed by atoms with Gasteiger partial charge in [0.2, 0.25) is 5.95 Å². The van der Waals surface area contributed by atoms with Gasteiger partial charge in [0, 0.05) is 58.2 Å². The van der Waals surface area contributed by atoms with E-state index < -0.39 is 0 Å². The highest BCUT2D eigenvalue weighted by Crippen LogP contribution is 2.17. The van der Waals surface area contributed by atoms with Crippen LogP contribution >= 0.6 is 24.0 Å². The molecule has 0 amide bonds. The Bertz CT molecular complexity index is 560. The lowest BCUT2D eigenvalue weighted by Crippen LogP contribution is -2.53. The zero-order valence-electron chi connectivity index (χ0n) is 16.7. The van der Waals surface area contributed by atoms with Crippen LogP contribution in [0.15, 0.2) is 23.5 Å². The van der Waals surface area contributed by atoms with Crippen LogP contribution in [0.5, 0.6) is 0 Å². The first-order valence-corrected chi connectivity index (χ1v) is 10.1. The Morgan fingerprint density at radius 3 is 2.56 bits per heavy atom. The molecule has 1 aromatic rings. The van der Waals surface area contributed by atoms with Gasteiger partial charge in [0.1, 0.15) is 0 Å². The summed E-state index contributed by atoms with van der Waals surface area (Å²) in [6.45, 7) is 13.6. The fourth-order valence-corrected chi connectivity index (χ4v) is 3.80. The number of nitrogens with one attached hydrogen (secondary N) is 1. The lowest BCUT2D eigenvalue weighted by Gasteiger charge is -2.37. The molecule has 2 saturated heterocycles. The second-order valence-electron chi connectivity index (χ2n) is 7.12. The summed E-state index contributed by atoms with van der Waals surface area (Å²) in [5, 5.41) is 3.48. The lowest BCUT2D eigenvalue weighted by atomic mass is 9.98. The van der Waals surface area contributed by atoms with Crippen molar-refractivity contribution in [2.24, 2.45) is 10.9 Å². The minimum atomic E-state index is 0. The number of rotatable bonds is 5. The minimum absolute atomic E-state index is 0. The molecule has 3 heterocycles. The van der Waals surface area contributed by atoms with Crippen LogP contribution in [0, 0.1) is 5.92 Å². The smallest absolute Gasteiger partial charge is 0.225 e. The van der Waals surface area contributed by atoms with E-state index in [-0.39, 0.29) is 24.0 Å². The molecule has 1 aromatic heterocycles. The zero-order chi connectivity index (χ0) is 18.2.